The molecule has 0 atom stereocenters. The molecule has 2 rings (SSSR count). The highest BCUT2D eigenvalue weighted by atomic mass is 19.1. The summed E-state index contributed by atoms with van der Waals surface area (Å²) >= 11 is 0. The fourth-order valence-corrected chi connectivity index (χ4v) is 2.99. The maximum Gasteiger partial charge on any atom is 0.311 e. The van der Waals surface area contributed by atoms with Crippen LogP contribution >= 0.6 is 0 Å². The van der Waals surface area contributed by atoms with Gasteiger partial charge in [-0.15, -0.1) is 23.4 Å². The average molecular weight is 486 g/mol. The number of azo groups is 1. The van der Waals surface area contributed by atoms with E-state index in [2.05, 4.69) is 28.7 Å². The van der Waals surface area contributed by atoms with Gasteiger partial charge in [-0.2, -0.15) is 4.39 Å². The van der Waals surface area contributed by atoms with Crippen LogP contribution < -0.4 is 15.0 Å². The molecule has 0 aliphatic rings. The summed E-state index contributed by atoms with van der Waals surface area (Å²) in [6.45, 7) is 9.96. The highest BCUT2D eigenvalue weighted by molar-refractivity contribution is 5.95. The molecule has 12 nitrogen and oxygen atoms in total. The van der Waals surface area contributed by atoms with Crippen molar-refractivity contribution in [3.8, 4) is 5.75 Å². The maximum atomic E-state index is 14.1. The molecule has 0 heterocycles. The highest BCUT2D eigenvalue weighted by Crippen LogP contribution is 2.41. The minimum Gasteiger partial charge on any atom is -0.494 e. The molecule has 0 saturated carbocycles. The van der Waals surface area contributed by atoms with Crippen molar-refractivity contribution >= 4 is 40.0 Å². The van der Waals surface area contributed by atoms with Crippen molar-refractivity contribution in [2.75, 3.05) is 30.4 Å². The fraction of sp³-hybridized carbons (Fsp3) is 0.227. The number of nitrogens with one attached hydrogen (secondary N) is 1. The van der Waals surface area contributed by atoms with Gasteiger partial charge in [0.2, 0.25) is 11.7 Å². The molecule has 0 bridgehead atoms. The van der Waals surface area contributed by atoms with Gasteiger partial charge >= 0.3 is 11.4 Å². The molecule has 1 N–H and O–H groups in total. The first kappa shape index (κ1) is 26.6. The molecule has 0 unspecified atom stereocenters. The van der Waals surface area contributed by atoms with E-state index in [9.17, 15) is 29.4 Å². The Morgan fingerprint density at radius 2 is 1.69 bits per heavy atom. The van der Waals surface area contributed by atoms with Crippen molar-refractivity contribution in [3.05, 3.63) is 75.6 Å². The highest BCUT2D eigenvalue weighted by Gasteiger charge is 2.25. The standard InChI is InChI=1S/C22H23FN6O6/c1-5-8-27(9-6-2)20-11-15(24-22(30)7-3)16(12-21(20)35-4)25-26-17-10-14(23)18(28(31)32)13-19(17)29(33)34/h5-6,10-13H,1-2,7-9H2,3-4H3,(H,24,30)/b26-25+. The van der Waals surface area contributed by atoms with Crippen LogP contribution in [-0.2, 0) is 4.79 Å². The van der Waals surface area contributed by atoms with E-state index in [0.717, 1.165) is 0 Å². The van der Waals surface area contributed by atoms with Crippen molar-refractivity contribution in [1.82, 2.24) is 0 Å². The number of nitrogens with zero attached hydrogens (tertiary/aromatic N) is 5. The number of methoxy groups -OCH3 is 1. The zero-order chi connectivity index (χ0) is 26.1. The normalized spacial score (nSPS) is 10.6. The van der Waals surface area contributed by atoms with E-state index in [1.807, 2.05) is 4.90 Å². The Morgan fingerprint density at radius 3 is 2.20 bits per heavy atom. The van der Waals surface area contributed by atoms with Gasteiger partial charge in [-0.3, -0.25) is 25.0 Å². The molecule has 0 aliphatic carbocycles. The summed E-state index contributed by atoms with van der Waals surface area (Å²) in [6, 6.07) is 4.04. The molecule has 184 valence electrons. The molecule has 2 aromatic rings. The lowest BCUT2D eigenvalue weighted by Crippen LogP contribution is -2.24. The molecule has 0 aromatic heterocycles. The van der Waals surface area contributed by atoms with Crippen LogP contribution in [-0.4, -0.2) is 36.0 Å². The van der Waals surface area contributed by atoms with E-state index in [1.165, 1.54) is 13.2 Å². The molecule has 1 amide bonds. The topological polar surface area (TPSA) is 153 Å². The Balaban J connectivity index is 2.68. The van der Waals surface area contributed by atoms with Crippen LogP contribution in [0.4, 0.5) is 38.5 Å². The van der Waals surface area contributed by atoms with Crippen LogP contribution in [0.2, 0.25) is 0 Å². The van der Waals surface area contributed by atoms with Gasteiger partial charge in [0.15, 0.2) is 5.69 Å². The van der Waals surface area contributed by atoms with E-state index in [-0.39, 0.29) is 23.7 Å². The maximum absolute atomic E-state index is 14.1. The number of ether oxygens (including phenoxy) is 1. The van der Waals surface area contributed by atoms with Gasteiger partial charge < -0.3 is 15.0 Å². The summed E-state index contributed by atoms with van der Waals surface area (Å²) in [6.07, 6.45) is 3.49. The second kappa shape index (κ2) is 12.0. The van der Waals surface area contributed by atoms with Gasteiger partial charge in [0.05, 0.1) is 34.4 Å². The number of anilines is 2. The number of hydrogen-bond acceptors (Lipinski definition) is 9. The van der Waals surface area contributed by atoms with E-state index in [4.69, 9.17) is 4.74 Å². The molecule has 0 aliphatic heterocycles. The van der Waals surface area contributed by atoms with Crippen LogP contribution in [0.15, 0.2) is 59.8 Å². The molecule has 0 spiro atoms. The van der Waals surface area contributed by atoms with Crippen LogP contribution in [0, 0.1) is 26.0 Å². The molecule has 0 fully saturated rings. The first-order valence-corrected chi connectivity index (χ1v) is 10.2. The second-order valence-electron chi connectivity index (χ2n) is 6.93. The largest absolute Gasteiger partial charge is 0.494 e. The van der Waals surface area contributed by atoms with Crippen molar-refractivity contribution in [2.45, 2.75) is 13.3 Å². The first-order valence-electron chi connectivity index (χ1n) is 10.2. The number of carbonyl (C=O) groups excluding carboxylic acids is 1. The van der Waals surface area contributed by atoms with Gasteiger partial charge in [0, 0.05) is 31.6 Å². The molecular weight excluding hydrogens is 463 g/mol. The van der Waals surface area contributed by atoms with Gasteiger partial charge in [0.25, 0.3) is 0 Å². The number of amides is 1. The molecule has 35 heavy (non-hydrogen) atoms. The minimum atomic E-state index is -1.31. The zero-order valence-corrected chi connectivity index (χ0v) is 19.1. The molecule has 13 heteroatoms. The summed E-state index contributed by atoms with van der Waals surface area (Å²) < 4.78 is 19.6. The van der Waals surface area contributed by atoms with E-state index in [1.54, 1.807) is 25.1 Å². The zero-order valence-electron chi connectivity index (χ0n) is 19.1. The van der Waals surface area contributed by atoms with E-state index >= 15 is 0 Å². The summed E-state index contributed by atoms with van der Waals surface area (Å²) in [5.41, 5.74) is -1.59. The Morgan fingerprint density at radius 1 is 1.09 bits per heavy atom. The number of nitro benzene ring substituents is 2. The quantitative estimate of drug-likeness (QED) is 0.177. The third-order valence-electron chi connectivity index (χ3n) is 4.63. The third kappa shape index (κ3) is 6.43. The number of halogens is 1. The van der Waals surface area contributed by atoms with Crippen molar-refractivity contribution in [2.24, 2.45) is 10.2 Å². The Bertz CT molecular complexity index is 1190. The summed E-state index contributed by atoms with van der Waals surface area (Å²) in [5.74, 6) is -1.32. The SMILES string of the molecule is C=CCN(CC=C)c1cc(NC(=O)CC)c(/N=N/c2cc(F)c([N+](=O)[O-])cc2[N+](=O)[O-])cc1OC. The van der Waals surface area contributed by atoms with Crippen molar-refractivity contribution in [1.29, 1.82) is 0 Å². The average Bonchev–Trinajstić information content (AvgIpc) is 2.82. The number of benzene rings is 2. The van der Waals surface area contributed by atoms with Crippen molar-refractivity contribution < 1.29 is 23.8 Å². The lowest BCUT2D eigenvalue weighted by atomic mass is 10.2. The molecule has 0 saturated heterocycles. The van der Waals surface area contributed by atoms with Crippen molar-refractivity contribution in [3.63, 3.8) is 0 Å². The van der Waals surface area contributed by atoms with Gasteiger partial charge in [-0.25, -0.2) is 0 Å². The lowest BCUT2D eigenvalue weighted by molar-refractivity contribution is -0.395. The number of rotatable bonds is 12. The van der Waals surface area contributed by atoms with Crippen LogP contribution in [0.3, 0.4) is 0 Å². The predicted molar refractivity (Wildman–Crippen MR) is 128 cm³/mol. The smallest absolute Gasteiger partial charge is 0.311 e. The molecule has 2 aromatic carbocycles. The van der Waals surface area contributed by atoms with Crippen LogP contribution in [0.25, 0.3) is 0 Å². The summed E-state index contributed by atoms with van der Waals surface area (Å²) in [7, 11) is 1.42. The number of carbonyl (C=O) groups is 1. The Labute approximate surface area is 199 Å². The fourth-order valence-electron chi connectivity index (χ4n) is 2.99. The number of hydrogen-bond donors (Lipinski definition) is 1. The third-order valence-corrected chi connectivity index (χ3v) is 4.63. The number of nitro groups is 2. The minimum absolute atomic E-state index is 0.0533. The van der Waals surface area contributed by atoms with E-state index < -0.39 is 32.7 Å². The molecule has 0 radical (unpaired) electrons. The Kier molecular flexibility index (Phi) is 9.09. The lowest BCUT2D eigenvalue weighted by Gasteiger charge is -2.25. The first-order chi connectivity index (χ1) is 16.7. The van der Waals surface area contributed by atoms with Gasteiger partial charge in [-0.05, 0) is 6.07 Å². The summed E-state index contributed by atoms with van der Waals surface area (Å²) in [4.78, 5) is 34.3. The van der Waals surface area contributed by atoms with Gasteiger partial charge in [0.1, 0.15) is 11.4 Å². The molecular formula is C22H23FN6O6. The monoisotopic (exact) mass is 486 g/mol. The van der Waals surface area contributed by atoms with Crippen LogP contribution in [0.5, 0.6) is 5.75 Å². The van der Waals surface area contributed by atoms with Gasteiger partial charge in [-0.1, -0.05) is 19.1 Å². The van der Waals surface area contributed by atoms with E-state index in [0.29, 0.717) is 36.7 Å². The second-order valence-corrected chi connectivity index (χ2v) is 6.93. The van der Waals surface area contributed by atoms with Crippen LogP contribution in [0.1, 0.15) is 13.3 Å². The Hall–Kier alpha value is -4.68. The predicted octanol–water partition coefficient (Wildman–Crippen LogP) is 5.59. The summed E-state index contributed by atoms with van der Waals surface area (Å²) in [5, 5.41) is 32.7.